The summed E-state index contributed by atoms with van der Waals surface area (Å²) < 4.78 is 6.42. The van der Waals surface area contributed by atoms with Crippen LogP contribution in [0.5, 0.6) is 0 Å². The summed E-state index contributed by atoms with van der Waals surface area (Å²) in [4.78, 5) is 21.8. The van der Waals surface area contributed by atoms with Gasteiger partial charge in [-0.2, -0.15) is 0 Å². The summed E-state index contributed by atoms with van der Waals surface area (Å²) in [6, 6.07) is 3.48. The van der Waals surface area contributed by atoms with E-state index in [0.717, 1.165) is 12.0 Å². The lowest BCUT2D eigenvalue weighted by atomic mass is 10.4. The minimum atomic E-state index is -0.324. The summed E-state index contributed by atoms with van der Waals surface area (Å²) >= 11 is 0. The molecule has 1 heterocycles. The largest absolute Gasteiger partial charge is 0.465 e. The van der Waals surface area contributed by atoms with Gasteiger partial charge in [-0.15, -0.1) is 0 Å². The van der Waals surface area contributed by atoms with Crippen LogP contribution < -0.4 is 0 Å². The van der Waals surface area contributed by atoms with E-state index >= 15 is 0 Å². The Balaban J connectivity index is 2.79. The molecule has 0 spiro atoms. The Kier molecular flexibility index (Phi) is 3.45. The summed E-state index contributed by atoms with van der Waals surface area (Å²) in [7, 11) is 0. The number of aromatic nitrogens is 1. The second-order valence-corrected chi connectivity index (χ2v) is 2.91. The molecule has 0 saturated heterocycles. The van der Waals surface area contributed by atoms with Crippen molar-refractivity contribution < 1.29 is 14.3 Å². The zero-order valence-electron chi connectivity index (χ0n) is 8.32. The van der Waals surface area contributed by atoms with Gasteiger partial charge in [-0.3, -0.25) is 9.59 Å². The van der Waals surface area contributed by atoms with E-state index in [9.17, 15) is 9.59 Å². The number of aryl methyl sites for hydroxylation is 1. The van der Waals surface area contributed by atoms with Crippen molar-refractivity contribution in [3.63, 3.8) is 0 Å². The van der Waals surface area contributed by atoms with E-state index in [1.807, 2.05) is 6.92 Å². The molecule has 14 heavy (non-hydrogen) atoms. The van der Waals surface area contributed by atoms with Crippen LogP contribution >= 0.6 is 0 Å². The van der Waals surface area contributed by atoms with Gasteiger partial charge in [0.2, 0.25) is 0 Å². The maximum atomic E-state index is 11.2. The zero-order chi connectivity index (χ0) is 10.6. The third-order valence-electron chi connectivity index (χ3n) is 1.95. The van der Waals surface area contributed by atoms with Crippen molar-refractivity contribution in [1.29, 1.82) is 0 Å². The van der Waals surface area contributed by atoms with Gasteiger partial charge in [0, 0.05) is 5.69 Å². The van der Waals surface area contributed by atoms with Gasteiger partial charge in [-0.1, -0.05) is 0 Å². The van der Waals surface area contributed by atoms with E-state index in [0.29, 0.717) is 12.3 Å². The summed E-state index contributed by atoms with van der Waals surface area (Å²) in [6.45, 7) is 4.05. The molecule has 76 valence electrons. The first-order chi connectivity index (χ1) is 6.69. The van der Waals surface area contributed by atoms with Gasteiger partial charge in [-0.05, 0) is 26.0 Å². The molecule has 0 aromatic carbocycles. The van der Waals surface area contributed by atoms with Crippen LogP contribution in [0.3, 0.4) is 0 Å². The molecule has 4 heteroatoms. The van der Waals surface area contributed by atoms with Gasteiger partial charge in [0.05, 0.1) is 12.3 Å². The maximum Gasteiger partial charge on any atom is 0.325 e. The van der Waals surface area contributed by atoms with Crippen molar-refractivity contribution in [2.45, 2.75) is 20.4 Å². The Morgan fingerprint density at radius 1 is 1.57 bits per heavy atom. The molecular formula is C10H13NO3. The van der Waals surface area contributed by atoms with Gasteiger partial charge >= 0.3 is 5.97 Å². The monoisotopic (exact) mass is 195 g/mol. The zero-order valence-corrected chi connectivity index (χ0v) is 8.32. The summed E-state index contributed by atoms with van der Waals surface area (Å²) in [6.07, 6.45) is 0.728. The molecule has 0 bridgehead atoms. The number of carbonyl (C=O) groups is 2. The molecule has 0 amide bonds. The lowest BCUT2D eigenvalue weighted by Crippen LogP contribution is -2.16. The average molecular weight is 195 g/mol. The van der Waals surface area contributed by atoms with E-state index in [-0.39, 0.29) is 12.5 Å². The molecule has 1 aromatic heterocycles. The number of rotatable bonds is 4. The molecule has 0 aliphatic heterocycles. The Labute approximate surface area is 82.5 Å². The number of carbonyl (C=O) groups excluding carboxylic acids is 2. The third kappa shape index (κ3) is 2.22. The Morgan fingerprint density at radius 3 is 2.86 bits per heavy atom. The molecule has 1 rings (SSSR count). The van der Waals surface area contributed by atoms with E-state index in [2.05, 4.69) is 0 Å². The van der Waals surface area contributed by atoms with Crippen LogP contribution in [-0.4, -0.2) is 23.4 Å². The highest BCUT2D eigenvalue weighted by Gasteiger charge is 2.08. The van der Waals surface area contributed by atoms with Crippen molar-refractivity contribution in [2.75, 3.05) is 6.61 Å². The molecule has 0 aliphatic carbocycles. The standard InChI is InChI=1S/C10H13NO3/c1-3-14-10(13)6-11-8(2)4-5-9(11)7-12/h4-5,7H,3,6H2,1-2H3. The molecule has 0 aliphatic rings. The number of nitrogens with zero attached hydrogens (tertiary/aromatic N) is 1. The van der Waals surface area contributed by atoms with Crippen LogP contribution in [0.4, 0.5) is 0 Å². The van der Waals surface area contributed by atoms with Crippen molar-refractivity contribution >= 4 is 12.3 Å². The normalized spacial score (nSPS) is 9.86. The molecule has 0 radical (unpaired) electrons. The Bertz CT molecular complexity index is 341. The third-order valence-corrected chi connectivity index (χ3v) is 1.95. The number of esters is 1. The molecular weight excluding hydrogens is 182 g/mol. The quantitative estimate of drug-likeness (QED) is 0.535. The van der Waals surface area contributed by atoms with Gasteiger partial charge in [-0.25, -0.2) is 0 Å². The lowest BCUT2D eigenvalue weighted by Gasteiger charge is -2.07. The summed E-state index contributed by atoms with van der Waals surface area (Å²) in [5.41, 5.74) is 1.37. The SMILES string of the molecule is CCOC(=O)Cn1c(C)ccc1C=O. The van der Waals surface area contributed by atoms with Crippen molar-refractivity contribution in [3.8, 4) is 0 Å². The van der Waals surface area contributed by atoms with Gasteiger partial charge in [0.25, 0.3) is 0 Å². The van der Waals surface area contributed by atoms with E-state index in [1.54, 1.807) is 23.6 Å². The predicted octanol–water partition coefficient (Wildman–Crippen LogP) is 1.17. The van der Waals surface area contributed by atoms with Crippen molar-refractivity contribution in [2.24, 2.45) is 0 Å². The van der Waals surface area contributed by atoms with Gasteiger partial charge in [0.1, 0.15) is 6.54 Å². The van der Waals surface area contributed by atoms with E-state index in [1.165, 1.54) is 0 Å². The predicted molar refractivity (Wildman–Crippen MR) is 51.2 cm³/mol. The highest BCUT2D eigenvalue weighted by molar-refractivity contribution is 5.75. The van der Waals surface area contributed by atoms with Crippen molar-refractivity contribution in [3.05, 3.63) is 23.5 Å². The fourth-order valence-electron chi connectivity index (χ4n) is 1.24. The summed E-state index contributed by atoms with van der Waals surface area (Å²) in [5, 5.41) is 0. The number of aldehydes is 1. The first-order valence-corrected chi connectivity index (χ1v) is 4.46. The Morgan fingerprint density at radius 2 is 2.29 bits per heavy atom. The number of ether oxygens (including phenoxy) is 1. The number of hydrogen-bond donors (Lipinski definition) is 0. The van der Waals surface area contributed by atoms with Crippen LogP contribution in [0.1, 0.15) is 23.1 Å². The number of hydrogen-bond acceptors (Lipinski definition) is 3. The van der Waals surface area contributed by atoms with Crippen molar-refractivity contribution in [1.82, 2.24) is 4.57 Å². The minimum Gasteiger partial charge on any atom is -0.465 e. The van der Waals surface area contributed by atoms with E-state index < -0.39 is 0 Å². The minimum absolute atomic E-state index is 0.0980. The highest BCUT2D eigenvalue weighted by Crippen LogP contribution is 2.06. The fourth-order valence-corrected chi connectivity index (χ4v) is 1.24. The van der Waals surface area contributed by atoms with Crippen LogP contribution in [0.25, 0.3) is 0 Å². The fraction of sp³-hybridized carbons (Fsp3) is 0.400. The molecule has 0 unspecified atom stereocenters. The van der Waals surface area contributed by atoms with E-state index in [4.69, 9.17) is 4.74 Å². The lowest BCUT2D eigenvalue weighted by molar-refractivity contribution is -0.143. The molecule has 0 saturated carbocycles. The highest BCUT2D eigenvalue weighted by atomic mass is 16.5. The van der Waals surface area contributed by atoms with Gasteiger partial charge < -0.3 is 9.30 Å². The maximum absolute atomic E-state index is 11.2. The van der Waals surface area contributed by atoms with Gasteiger partial charge in [0.15, 0.2) is 6.29 Å². The molecule has 1 aromatic rings. The van der Waals surface area contributed by atoms with Crippen LogP contribution in [0.2, 0.25) is 0 Å². The second-order valence-electron chi connectivity index (χ2n) is 2.91. The first kappa shape index (κ1) is 10.5. The van der Waals surface area contributed by atoms with Crippen LogP contribution in [0.15, 0.2) is 12.1 Å². The summed E-state index contributed by atoms with van der Waals surface area (Å²) in [5.74, 6) is -0.324. The van der Waals surface area contributed by atoms with Crippen LogP contribution in [-0.2, 0) is 16.1 Å². The Hall–Kier alpha value is -1.58. The molecule has 0 atom stereocenters. The molecule has 0 fully saturated rings. The second kappa shape index (κ2) is 4.60. The smallest absolute Gasteiger partial charge is 0.325 e. The van der Waals surface area contributed by atoms with Crippen LogP contribution in [0, 0.1) is 6.92 Å². The molecule has 0 N–H and O–H groups in total. The first-order valence-electron chi connectivity index (χ1n) is 4.46. The molecule has 4 nitrogen and oxygen atoms in total. The topological polar surface area (TPSA) is 48.3 Å². The average Bonchev–Trinajstić information content (AvgIpc) is 2.48.